The van der Waals surface area contributed by atoms with Crippen LogP contribution in [0, 0.1) is 18.3 Å². The van der Waals surface area contributed by atoms with Crippen LogP contribution >= 0.6 is 11.6 Å². The third-order valence-corrected chi connectivity index (χ3v) is 5.79. The third-order valence-electron chi connectivity index (χ3n) is 5.39. The zero-order chi connectivity index (χ0) is 21.5. The zero-order valence-electron chi connectivity index (χ0n) is 17.6. The topological polar surface area (TPSA) is 65.2 Å². The smallest absolute Gasteiger partial charge is 0.246 e. The minimum Gasteiger partial charge on any atom is -0.370 e. The van der Waals surface area contributed by atoms with Crippen molar-refractivity contribution in [2.24, 2.45) is 0 Å². The molecule has 0 N–H and O–H groups in total. The standard InChI is InChI=1S/C23H28ClN5O/c1-3-4-14-29-23(24)21(18(2)26-29)10-11-22(30)28-13-5-12-27(15-16-28)20-8-6-19(17-25)7-9-20/h6-11H,3-5,12-16H2,1-2H3/b11-10+. The lowest BCUT2D eigenvalue weighted by molar-refractivity contribution is -0.125. The maximum Gasteiger partial charge on any atom is 0.246 e. The minimum atomic E-state index is -0.00606. The Balaban J connectivity index is 1.62. The Kier molecular flexibility index (Phi) is 7.53. The third kappa shape index (κ3) is 5.22. The molecule has 1 fully saturated rings. The highest BCUT2D eigenvalue weighted by molar-refractivity contribution is 6.31. The summed E-state index contributed by atoms with van der Waals surface area (Å²) in [7, 11) is 0. The first kappa shape index (κ1) is 21.9. The van der Waals surface area contributed by atoms with Crippen LogP contribution in [-0.2, 0) is 11.3 Å². The summed E-state index contributed by atoms with van der Waals surface area (Å²) in [6, 6.07) is 9.75. The Morgan fingerprint density at radius 3 is 2.70 bits per heavy atom. The van der Waals surface area contributed by atoms with Gasteiger partial charge in [-0.15, -0.1) is 0 Å². The Morgan fingerprint density at radius 1 is 1.23 bits per heavy atom. The molecule has 7 heteroatoms. The molecule has 0 spiro atoms. The molecule has 1 amide bonds. The van der Waals surface area contributed by atoms with Crippen molar-refractivity contribution in [1.29, 1.82) is 5.26 Å². The monoisotopic (exact) mass is 425 g/mol. The quantitative estimate of drug-likeness (QED) is 0.648. The Hall–Kier alpha value is -2.78. The summed E-state index contributed by atoms with van der Waals surface area (Å²) in [5.41, 5.74) is 3.39. The second-order valence-corrected chi connectivity index (χ2v) is 7.88. The van der Waals surface area contributed by atoms with Crippen molar-refractivity contribution >= 4 is 29.3 Å². The van der Waals surface area contributed by atoms with Gasteiger partial charge in [0.15, 0.2) is 0 Å². The van der Waals surface area contributed by atoms with E-state index in [4.69, 9.17) is 16.9 Å². The number of nitrogens with zero attached hydrogens (tertiary/aromatic N) is 5. The summed E-state index contributed by atoms with van der Waals surface area (Å²) in [6.45, 7) is 7.86. The Bertz CT molecular complexity index is 942. The summed E-state index contributed by atoms with van der Waals surface area (Å²) in [5, 5.41) is 14.0. The van der Waals surface area contributed by atoms with E-state index in [1.807, 2.05) is 40.8 Å². The number of rotatable bonds is 6. The van der Waals surface area contributed by atoms with E-state index in [2.05, 4.69) is 23.0 Å². The van der Waals surface area contributed by atoms with Crippen LogP contribution in [0.15, 0.2) is 30.3 Å². The Labute approximate surface area is 183 Å². The van der Waals surface area contributed by atoms with Gasteiger partial charge in [-0.2, -0.15) is 10.4 Å². The molecule has 0 atom stereocenters. The van der Waals surface area contributed by atoms with Gasteiger partial charge < -0.3 is 9.80 Å². The minimum absolute atomic E-state index is 0.00606. The molecule has 0 bridgehead atoms. The maximum atomic E-state index is 12.8. The zero-order valence-corrected chi connectivity index (χ0v) is 18.4. The van der Waals surface area contributed by atoms with Crippen molar-refractivity contribution in [2.75, 3.05) is 31.1 Å². The van der Waals surface area contributed by atoms with Crippen LogP contribution in [0.25, 0.3) is 6.08 Å². The maximum absolute atomic E-state index is 12.8. The summed E-state index contributed by atoms with van der Waals surface area (Å²) in [5.74, 6) is -0.00606. The molecule has 2 heterocycles. The largest absolute Gasteiger partial charge is 0.370 e. The fraction of sp³-hybridized carbons (Fsp3) is 0.435. The van der Waals surface area contributed by atoms with Crippen molar-refractivity contribution in [3.63, 3.8) is 0 Å². The highest BCUT2D eigenvalue weighted by Gasteiger charge is 2.18. The molecule has 3 rings (SSSR count). The summed E-state index contributed by atoms with van der Waals surface area (Å²) < 4.78 is 1.81. The lowest BCUT2D eigenvalue weighted by atomic mass is 10.2. The molecule has 158 valence electrons. The summed E-state index contributed by atoms with van der Waals surface area (Å²) >= 11 is 6.47. The van der Waals surface area contributed by atoms with Crippen LogP contribution in [0.4, 0.5) is 5.69 Å². The molecule has 1 aliphatic heterocycles. The molecule has 1 aliphatic rings. The molecule has 0 aliphatic carbocycles. The van der Waals surface area contributed by atoms with Gasteiger partial charge in [0.05, 0.1) is 17.3 Å². The molecule has 6 nitrogen and oxygen atoms in total. The first-order valence-corrected chi connectivity index (χ1v) is 10.9. The van der Waals surface area contributed by atoms with Crippen molar-refractivity contribution in [1.82, 2.24) is 14.7 Å². The van der Waals surface area contributed by atoms with Crippen LogP contribution in [0.1, 0.15) is 43.0 Å². The van der Waals surface area contributed by atoms with Gasteiger partial charge in [0, 0.05) is 50.1 Å². The van der Waals surface area contributed by atoms with E-state index in [0.717, 1.165) is 62.4 Å². The number of carbonyl (C=O) groups excluding carboxylic acids is 1. The molecule has 30 heavy (non-hydrogen) atoms. The van der Waals surface area contributed by atoms with E-state index in [1.165, 1.54) is 0 Å². The summed E-state index contributed by atoms with van der Waals surface area (Å²) in [4.78, 5) is 16.9. The van der Waals surface area contributed by atoms with E-state index >= 15 is 0 Å². The SMILES string of the molecule is CCCCn1nc(C)c(/C=C/C(=O)N2CCCN(c3ccc(C#N)cc3)CC2)c1Cl. The van der Waals surface area contributed by atoms with Crippen LogP contribution < -0.4 is 4.90 Å². The van der Waals surface area contributed by atoms with Crippen LogP contribution in [0.2, 0.25) is 5.15 Å². The fourth-order valence-corrected chi connectivity index (χ4v) is 3.94. The number of hydrogen-bond acceptors (Lipinski definition) is 4. The molecule has 0 unspecified atom stereocenters. The van der Waals surface area contributed by atoms with Crippen molar-refractivity contribution in [2.45, 2.75) is 39.7 Å². The lowest BCUT2D eigenvalue weighted by Gasteiger charge is -2.23. The molecule has 0 saturated carbocycles. The second-order valence-electron chi connectivity index (χ2n) is 7.52. The number of carbonyl (C=O) groups is 1. The molecular formula is C23H28ClN5O. The molecule has 2 aromatic rings. The second kappa shape index (κ2) is 10.3. The number of nitriles is 1. The van der Waals surface area contributed by atoms with E-state index < -0.39 is 0 Å². The normalized spacial score (nSPS) is 14.7. The number of amides is 1. The summed E-state index contributed by atoms with van der Waals surface area (Å²) in [6.07, 6.45) is 6.39. The van der Waals surface area contributed by atoms with E-state index in [0.29, 0.717) is 17.3 Å². The number of aryl methyl sites for hydroxylation is 2. The molecular weight excluding hydrogens is 398 g/mol. The van der Waals surface area contributed by atoms with Gasteiger partial charge in [-0.1, -0.05) is 24.9 Å². The van der Waals surface area contributed by atoms with Gasteiger partial charge in [0.1, 0.15) is 5.15 Å². The lowest BCUT2D eigenvalue weighted by Crippen LogP contribution is -2.34. The van der Waals surface area contributed by atoms with Crippen LogP contribution in [0.3, 0.4) is 0 Å². The first-order valence-electron chi connectivity index (χ1n) is 10.5. The highest BCUT2D eigenvalue weighted by Crippen LogP contribution is 2.22. The Morgan fingerprint density at radius 2 is 2.00 bits per heavy atom. The van der Waals surface area contributed by atoms with E-state index in [9.17, 15) is 4.79 Å². The van der Waals surface area contributed by atoms with E-state index in [1.54, 1.807) is 12.2 Å². The fourth-order valence-electron chi connectivity index (χ4n) is 3.62. The molecule has 1 aromatic heterocycles. The number of benzene rings is 1. The molecule has 0 radical (unpaired) electrons. The predicted molar refractivity (Wildman–Crippen MR) is 120 cm³/mol. The van der Waals surface area contributed by atoms with Crippen LogP contribution in [0.5, 0.6) is 0 Å². The molecule has 1 aromatic carbocycles. The van der Waals surface area contributed by atoms with Gasteiger partial charge in [0.25, 0.3) is 0 Å². The van der Waals surface area contributed by atoms with Gasteiger partial charge >= 0.3 is 0 Å². The van der Waals surface area contributed by atoms with E-state index in [-0.39, 0.29) is 5.91 Å². The predicted octanol–water partition coefficient (Wildman–Crippen LogP) is 4.27. The number of anilines is 1. The number of hydrogen-bond donors (Lipinski definition) is 0. The first-order chi connectivity index (χ1) is 14.5. The van der Waals surface area contributed by atoms with Gasteiger partial charge in [-0.3, -0.25) is 9.48 Å². The van der Waals surface area contributed by atoms with Gasteiger partial charge in [-0.25, -0.2) is 0 Å². The number of halogens is 1. The highest BCUT2D eigenvalue weighted by atomic mass is 35.5. The van der Waals surface area contributed by atoms with Crippen LogP contribution in [-0.4, -0.2) is 46.8 Å². The number of aromatic nitrogens is 2. The van der Waals surface area contributed by atoms with Gasteiger partial charge in [0.2, 0.25) is 5.91 Å². The van der Waals surface area contributed by atoms with Crippen molar-refractivity contribution in [3.8, 4) is 6.07 Å². The molecule has 1 saturated heterocycles. The van der Waals surface area contributed by atoms with Gasteiger partial charge in [-0.05, 0) is 50.1 Å². The average Bonchev–Trinajstić information content (AvgIpc) is 2.93. The van der Waals surface area contributed by atoms with Crippen molar-refractivity contribution in [3.05, 3.63) is 52.3 Å². The number of unbranched alkanes of at least 4 members (excludes halogenated alkanes) is 1. The average molecular weight is 426 g/mol. The van der Waals surface area contributed by atoms with Crippen molar-refractivity contribution < 1.29 is 4.79 Å².